The van der Waals surface area contributed by atoms with Gasteiger partial charge in [-0.3, -0.25) is 0 Å². The average Bonchev–Trinajstić information content (AvgIpc) is 2.35. The molecule has 2 rings (SSSR count). The zero-order chi connectivity index (χ0) is 14.9. The highest BCUT2D eigenvalue weighted by atomic mass is 79.9. The minimum Gasteiger partial charge on any atom is -0.495 e. The van der Waals surface area contributed by atoms with Gasteiger partial charge in [0, 0.05) is 15.1 Å². The molecule has 0 amide bonds. The Morgan fingerprint density at radius 3 is 2.50 bits per heavy atom. The Morgan fingerprint density at radius 2 is 1.90 bits per heavy atom. The van der Waals surface area contributed by atoms with Crippen molar-refractivity contribution in [1.29, 1.82) is 0 Å². The first-order chi connectivity index (χ1) is 9.42. The van der Waals surface area contributed by atoms with Crippen LogP contribution < -0.4 is 4.74 Å². The third-order valence-electron chi connectivity index (χ3n) is 2.74. The molecule has 1 unspecified atom stereocenters. The summed E-state index contributed by atoms with van der Waals surface area (Å²) in [5, 5.41) is 10.9. The van der Waals surface area contributed by atoms with Gasteiger partial charge in [0.1, 0.15) is 17.7 Å². The molecule has 2 nitrogen and oxygen atoms in total. The van der Waals surface area contributed by atoms with Gasteiger partial charge >= 0.3 is 0 Å². The molecule has 0 heterocycles. The summed E-state index contributed by atoms with van der Waals surface area (Å²) >= 11 is 12.5. The van der Waals surface area contributed by atoms with Crippen LogP contribution in [0.4, 0.5) is 4.39 Å². The lowest BCUT2D eigenvalue weighted by molar-refractivity contribution is 0.214. The summed E-state index contributed by atoms with van der Waals surface area (Å²) in [6.45, 7) is 0. The van der Waals surface area contributed by atoms with E-state index in [0.717, 1.165) is 0 Å². The molecular formula is C14H10Br2ClFO2. The fraction of sp³-hybridized carbons (Fsp3) is 0.143. The van der Waals surface area contributed by atoms with Gasteiger partial charge in [0.15, 0.2) is 0 Å². The predicted octanol–water partition coefficient (Wildman–Crippen LogP) is 5.09. The first-order valence-corrected chi connectivity index (χ1v) is 7.55. The largest absolute Gasteiger partial charge is 0.495 e. The van der Waals surface area contributed by atoms with Gasteiger partial charge in [-0.2, -0.15) is 0 Å². The standard InChI is InChI=1S/C14H10Br2ClFO2/c1-20-14-11(5-9(17)6-12(14)16)13(19)7-2-8(15)4-10(18)3-7/h2-6,13,19H,1H3. The predicted molar refractivity (Wildman–Crippen MR) is 83.9 cm³/mol. The highest BCUT2D eigenvalue weighted by Gasteiger charge is 2.19. The number of methoxy groups -OCH3 is 1. The SMILES string of the molecule is COc1c(Br)cc(Cl)cc1C(O)c1cc(F)cc(Br)c1. The third-order valence-corrected chi connectivity index (χ3v) is 4.00. The number of hydrogen-bond acceptors (Lipinski definition) is 2. The topological polar surface area (TPSA) is 29.5 Å². The minimum absolute atomic E-state index is 0.407. The summed E-state index contributed by atoms with van der Waals surface area (Å²) in [6, 6.07) is 7.49. The Morgan fingerprint density at radius 1 is 1.20 bits per heavy atom. The Labute approximate surface area is 137 Å². The molecule has 6 heteroatoms. The molecule has 0 bridgehead atoms. The van der Waals surface area contributed by atoms with Gasteiger partial charge in [-0.05, 0) is 51.8 Å². The summed E-state index contributed by atoms with van der Waals surface area (Å²) in [6.07, 6.45) is -1.05. The maximum absolute atomic E-state index is 13.4. The molecule has 0 spiro atoms. The molecule has 0 radical (unpaired) electrons. The van der Waals surface area contributed by atoms with Gasteiger partial charge in [-0.15, -0.1) is 0 Å². The van der Waals surface area contributed by atoms with Crippen molar-refractivity contribution in [2.45, 2.75) is 6.10 Å². The smallest absolute Gasteiger partial charge is 0.139 e. The van der Waals surface area contributed by atoms with Gasteiger partial charge in [-0.1, -0.05) is 27.5 Å². The molecule has 2 aromatic rings. The molecule has 0 aliphatic heterocycles. The molecule has 0 aliphatic rings. The van der Waals surface area contributed by atoms with Gasteiger partial charge in [0.05, 0.1) is 11.6 Å². The van der Waals surface area contributed by atoms with Crippen LogP contribution in [0.5, 0.6) is 5.75 Å². The van der Waals surface area contributed by atoms with Gasteiger partial charge in [0.2, 0.25) is 0 Å². The van der Waals surface area contributed by atoms with E-state index in [1.165, 1.54) is 19.2 Å². The van der Waals surface area contributed by atoms with Crippen LogP contribution in [0, 0.1) is 5.82 Å². The number of aliphatic hydroxyl groups excluding tert-OH is 1. The van der Waals surface area contributed by atoms with Crippen molar-refractivity contribution >= 4 is 43.5 Å². The molecule has 0 aromatic heterocycles. The van der Waals surface area contributed by atoms with E-state index >= 15 is 0 Å². The quantitative estimate of drug-likeness (QED) is 0.743. The summed E-state index contributed by atoms with van der Waals surface area (Å²) in [7, 11) is 1.49. The minimum atomic E-state index is -1.05. The second-order valence-electron chi connectivity index (χ2n) is 4.12. The van der Waals surface area contributed by atoms with E-state index in [1.54, 1.807) is 18.2 Å². The molecule has 0 fully saturated rings. The number of hydrogen-bond donors (Lipinski definition) is 1. The van der Waals surface area contributed by atoms with Crippen LogP contribution in [-0.2, 0) is 0 Å². The average molecular weight is 424 g/mol. The Bertz CT molecular complexity index is 629. The van der Waals surface area contributed by atoms with Crippen LogP contribution in [0.15, 0.2) is 39.3 Å². The van der Waals surface area contributed by atoms with Gasteiger partial charge in [-0.25, -0.2) is 4.39 Å². The zero-order valence-electron chi connectivity index (χ0n) is 10.3. The zero-order valence-corrected chi connectivity index (χ0v) is 14.3. The summed E-state index contributed by atoms with van der Waals surface area (Å²) in [5.41, 5.74) is 0.869. The molecule has 0 saturated heterocycles. The van der Waals surface area contributed by atoms with Gasteiger partial charge < -0.3 is 9.84 Å². The van der Waals surface area contributed by atoms with Crippen LogP contribution in [0.25, 0.3) is 0 Å². The van der Waals surface area contributed by atoms with E-state index < -0.39 is 11.9 Å². The fourth-order valence-corrected chi connectivity index (χ4v) is 3.39. The highest BCUT2D eigenvalue weighted by Crippen LogP contribution is 2.38. The van der Waals surface area contributed by atoms with Crippen LogP contribution in [0.1, 0.15) is 17.2 Å². The molecular weight excluding hydrogens is 414 g/mol. The number of aliphatic hydroxyl groups is 1. The second kappa shape index (κ2) is 6.43. The molecule has 0 aliphatic carbocycles. The Kier molecular flexibility index (Phi) is 5.07. The first kappa shape index (κ1) is 15.8. The van der Waals surface area contributed by atoms with Crippen molar-refractivity contribution in [3.63, 3.8) is 0 Å². The lowest BCUT2D eigenvalue weighted by Crippen LogP contribution is -2.04. The molecule has 1 N–H and O–H groups in total. The molecule has 2 aromatic carbocycles. The number of benzene rings is 2. The van der Waals surface area contributed by atoms with Gasteiger partial charge in [0.25, 0.3) is 0 Å². The first-order valence-electron chi connectivity index (χ1n) is 5.59. The van der Waals surface area contributed by atoms with E-state index in [2.05, 4.69) is 31.9 Å². The molecule has 20 heavy (non-hydrogen) atoms. The van der Waals surface area contributed by atoms with E-state index in [4.69, 9.17) is 16.3 Å². The van der Waals surface area contributed by atoms with E-state index in [-0.39, 0.29) is 0 Å². The van der Waals surface area contributed by atoms with Crippen molar-refractivity contribution in [2.75, 3.05) is 7.11 Å². The van der Waals surface area contributed by atoms with Crippen LogP contribution in [-0.4, -0.2) is 12.2 Å². The van der Waals surface area contributed by atoms with Crippen molar-refractivity contribution in [3.8, 4) is 5.75 Å². The number of rotatable bonds is 3. The van der Waals surface area contributed by atoms with Crippen LogP contribution in [0.2, 0.25) is 5.02 Å². The highest BCUT2D eigenvalue weighted by molar-refractivity contribution is 9.10. The maximum Gasteiger partial charge on any atom is 0.139 e. The fourth-order valence-electron chi connectivity index (χ4n) is 1.91. The normalized spacial score (nSPS) is 12.3. The molecule has 1 atom stereocenters. The lowest BCUT2D eigenvalue weighted by Gasteiger charge is -2.17. The van der Waals surface area contributed by atoms with E-state index in [1.807, 2.05) is 0 Å². The van der Waals surface area contributed by atoms with E-state index in [9.17, 15) is 9.50 Å². The van der Waals surface area contributed by atoms with Crippen molar-refractivity contribution in [1.82, 2.24) is 0 Å². The molecule has 0 saturated carbocycles. The summed E-state index contributed by atoms with van der Waals surface area (Å²) < 4.78 is 19.9. The second-order valence-corrected chi connectivity index (χ2v) is 6.32. The van der Waals surface area contributed by atoms with Crippen molar-refractivity contribution < 1.29 is 14.2 Å². The molecule has 106 valence electrons. The van der Waals surface area contributed by atoms with Crippen LogP contribution >= 0.6 is 43.5 Å². The monoisotopic (exact) mass is 422 g/mol. The van der Waals surface area contributed by atoms with Crippen LogP contribution in [0.3, 0.4) is 0 Å². The number of halogens is 4. The van der Waals surface area contributed by atoms with E-state index in [0.29, 0.717) is 30.8 Å². The van der Waals surface area contributed by atoms with Crippen molar-refractivity contribution in [2.24, 2.45) is 0 Å². The third kappa shape index (κ3) is 3.34. The van der Waals surface area contributed by atoms with Crippen molar-refractivity contribution in [3.05, 3.63) is 61.2 Å². The lowest BCUT2D eigenvalue weighted by atomic mass is 10.0. The number of ether oxygens (including phenoxy) is 1. The Balaban J connectivity index is 2.55. The maximum atomic E-state index is 13.4. The summed E-state index contributed by atoms with van der Waals surface area (Å²) in [4.78, 5) is 0. The Hall–Kier alpha value is -0.620. The summed E-state index contributed by atoms with van der Waals surface area (Å²) in [5.74, 6) is 0.0239.